The predicted molar refractivity (Wildman–Crippen MR) is 91.5 cm³/mol. The Bertz CT molecular complexity index is 823. The molecule has 1 aromatic rings. The van der Waals surface area contributed by atoms with Crippen molar-refractivity contribution in [1.29, 1.82) is 5.26 Å². The van der Waals surface area contributed by atoms with Gasteiger partial charge in [0.05, 0.1) is 10.8 Å². The monoisotopic (exact) mass is 363 g/mol. The predicted octanol–water partition coefficient (Wildman–Crippen LogP) is 2.13. The van der Waals surface area contributed by atoms with E-state index < -0.39 is 15.8 Å². The zero-order valence-electron chi connectivity index (χ0n) is 14.0. The van der Waals surface area contributed by atoms with Gasteiger partial charge in [-0.25, -0.2) is 17.5 Å². The number of likely N-dealkylation sites (tertiary alicyclic amines) is 1. The lowest BCUT2D eigenvalue weighted by molar-refractivity contribution is 0.101. The normalized spacial score (nSPS) is 29.5. The molecule has 1 aliphatic heterocycles. The molecule has 1 N–H and O–H groups in total. The number of halogens is 1. The van der Waals surface area contributed by atoms with Crippen LogP contribution in [-0.2, 0) is 16.6 Å². The van der Waals surface area contributed by atoms with Gasteiger partial charge in [-0.15, -0.1) is 0 Å². The van der Waals surface area contributed by atoms with E-state index >= 15 is 0 Å². The van der Waals surface area contributed by atoms with Gasteiger partial charge in [0.2, 0.25) is 10.0 Å². The Morgan fingerprint density at radius 1 is 1.36 bits per heavy atom. The molecule has 0 atom stereocenters. The number of nitrogens with one attached hydrogen (secondary N) is 1. The minimum absolute atomic E-state index is 0.0848. The lowest BCUT2D eigenvalue weighted by Crippen LogP contribution is -2.52. The molecule has 2 aliphatic carbocycles. The van der Waals surface area contributed by atoms with E-state index in [1.165, 1.54) is 6.07 Å². The molecule has 0 unspecified atom stereocenters. The Morgan fingerprint density at radius 2 is 2.12 bits per heavy atom. The van der Waals surface area contributed by atoms with Gasteiger partial charge in [0.25, 0.3) is 0 Å². The SMILES string of the molecule is N#Cc1cc(CN2CCC3(CC(NS(=O)(=O)C4CC4)C3)C2)ccc1F. The fourth-order valence-electron chi connectivity index (χ4n) is 4.29. The van der Waals surface area contributed by atoms with Crippen molar-refractivity contribution in [3.63, 3.8) is 0 Å². The third kappa shape index (κ3) is 3.43. The first-order chi connectivity index (χ1) is 11.9. The molecule has 0 radical (unpaired) electrons. The van der Waals surface area contributed by atoms with Gasteiger partial charge >= 0.3 is 0 Å². The molecule has 1 spiro atoms. The first-order valence-electron chi connectivity index (χ1n) is 8.81. The van der Waals surface area contributed by atoms with Crippen molar-refractivity contribution in [3.8, 4) is 6.07 Å². The van der Waals surface area contributed by atoms with E-state index in [1.807, 2.05) is 6.07 Å². The molecule has 0 bridgehead atoms. The second-order valence-electron chi connectivity index (χ2n) is 7.85. The average molecular weight is 363 g/mol. The van der Waals surface area contributed by atoms with Gasteiger partial charge in [-0.1, -0.05) is 6.07 Å². The molecule has 25 heavy (non-hydrogen) atoms. The zero-order valence-corrected chi connectivity index (χ0v) is 14.9. The molecule has 1 heterocycles. The quantitative estimate of drug-likeness (QED) is 0.870. The van der Waals surface area contributed by atoms with Gasteiger partial charge in [-0.3, -0.25) is 4.90 Å². The summed E-state index contributed by atoms with van der Waals surface area (Å²) in [5, 5.41) is 8.78. The van der Waals surface area contributed by atoms with Crippen LogP contribution in [0.1, 0.15) is 43.2 Å². The molecule has 7 heteroatoms. The van der Waals surface area contributed by atoms with Crippen molar-refractivity contribution >= 4 is 10.0 Å². The Balaban J connectivity index is 1.31. The molecule has 1 saturated heterocycles. The molecule has 2 saturated carbocycles. The van der Waals surface area contributed by atoms with Crippen LogP contribution in [-0.4, -0.2) is 37.7 Å². The fourth-order valence-corrected chi connectivity index (χ4v) is 5.87. The number of hydrogen-bond acceptors (Lipinski definition) is 4. The summed E-state index contributed by atoms with van der Waals surface area (Å²) >= 11 is 0. The zero-order chi connectivity index (χ0) is 17.7. The third-order valence-corrected chi connectivity index (χ3v) is 7.74. The maximum atomic E-state index is 13.4. The average Bonchev–Trinajstić information content (AvgIpc) is 3.32. The summed E-state index contributed by atoms with van der Waals surface area (Å²) in [5.41, 5.74) is 1.25. The fraction of sp³-hybridized carbons (Fsp3) is 0.611. The molecule has 0 amide bonds. The van der Waals surface area contributed by atoms with Gasteiger partial charge in [-0.05, 0) is 61.8 Å². The summed E-state index contributed by atoms with van der Waals surface area (Å²) < 4.78 is 40.3. The van der Waals surface area contributed by atoms with Crippen LogP contribution in [0.15, 0.2) is 18.2 Å². The number of benzene rings is 1. The van der Waals surface area contributed by atoms with E-state index in [-0.39, 0.29) is 22.3 Å². The number of nitrogens with zero attached hydrogens (tertiary/aromatic N) is 2. The summed E-state index contributed by atoms with van der Waals surface area (Å²) in [7, 11) is -3.10. The van der Waals surface area contributed by atoms with Crippen molar-refractivity contribution in [2.45, 2.75) is 49.9 Å². The largest absolute Gasteiger partial charge is 0.299 e. The van der Waals surface area contributed by atoms with Crippen LogP contribution in [0.5, 0.6) is 0 Å². The smallest absolute Gasteiger partial charge is 0.214 e. The molecule has 0 aromatic heterocycles. The molecule has 134 valence electrons. The van der Waals surface area contributed by atoms with E-state index in [2.05, 4.69) is 9.62 Å². The van der Waals surface area contributed by atoms with Crippen LogP contribution in [0, 0.1) is 22.6 Å². The Kier molecular flexibility index (Phi) is 4.10. The van der Waals surface area contributed by atoms with Crippen molar-refractivity contribution in [2.75, 3.05) is 13.1 Å². The number of sulfonamides is 1. The third-order valence-electron chi connectivity index (χ3n) is 5.73. The molecule has 4 rings (SSSR count). The van der Waals surface area contributed by atoms with E-state index in [9.17, 15) is 12.8 Å². The van der Waals surface area contributed by atoms with E-state index in [0.717, 1.165) is 50.8 Å². The molecular formula is C18H22FN3O2S. The van der Waals surface area contributed by atoms with E-state index in [0.29, 0.717) is 6.54 Å². The van der Waals surface area contributed by atoms with E-state index in [4.69, 9.17) is 5.26 Å². The van der Waals surface area contributed by atoms with Crippen LogP contribution < -0.4 is 4.72 Å². The molecule has 3 fully saturated rings. The van der Waals surface area contributed by atoms with Gasteiger partial charge in [-0.2, -0.15) is 5.26 Å². The van der Waals surface area contributed by atoms with E-state index in [1.54, 1.807) is 12.1 Å². The summed E-state index contributed by atoms with van der Waals surface area (Å²) in [6, 6.07) is 6.67. The van der Waals surface area contributed by atoms with Gasteiger partial charge < -0.3 is 0 Å². The second kappa shape index (κ2) is 6.04. The lowest BCUT2D eigenvalue weighted by Gasteiger charge is -2.45. The van der Waals surface area contributed by atoms with Crippen LogP contribution in [0.3, 0.4) is 0 Å². The minimum Gasteiger partial charge on any atom is -0.299 e. The summed E-state index contributed by atoms with van der Waals surface area (Å²) in [6.07, 6.45) is 4.47. The second-order valence-corrected chi connectivity index (χ2v) is 9.85. The maximum absolute atomic E-state index is 13.4. The van der Waals surface area contributed by atoms with Crippen LogP contribution in [0.4, 0.5) is 4.39 Å². The Morgan fingerprint density at radius 3 is 2.80 bits per heavy atom. The van der Waals surface area contributed by atoms with Gasteiger partial charge in [0, 0.05) is 19.1 Å². The van der Waals surface area contributed by atoms with Crippen molar-refractivity contribution in [2.24, 2.45) is 5.41 Å². The summed E-state index contributed by atoms with van der Waals surface area (Å²) in [6.45, 7) is 2.60. The van der Waals surface area contributed by atoms with Gasteiger partial charge in [0.1, 0.15) is 11.9 Å². The highest BCUT2D eigenvalue weighted by Crippen LogP contribution is 2.49. The lowest BCUT2D eigenvalue weighted by atomic mass is 9.65. The van der Waals surface area contributed by atoms with Crippen molar-refractivity contribution < 1.29 is 12.8 Å². The molecule has 5 nitrogen and oxygen atoms in total. The molecule has 1 aromatic carbocycles. The minimum atomic E-state index is -3.10. The highest BCUT2D eigenvalue weighted by molar-refractivity contribution is 7.90. The van der Waals surface area contributed by atoms with Gasteiger partial charge in [0.15, 0.2) is 0 Å². The highest BCUT2D eigenvalue weighted by Gasteiger charge is 2.50. The standard InChI is InChI=1S/C18H22FN3O2S/c19-17-4-1-13(7-14(17)10-20)11-22-6-5-18(12-22)8-15(9-18)21-25(23,24)16-2-3-16/h1,4,7,15-16,21H,2-3,5-6,8-9,11-12H2. The maximum Gasteiger partial charge on any atom is 0.214 e. The summed E-state index contributed by atoms with van der Waals surface area (Å²) in [5.74, 6) is -0.478. The number of rotatable bonds is 5. The van der Waals surface area contributed by atoms with Crippen molar-refractivity contribution in [3.05, 3.63) is 35.1 Å². The van der Waals surface area contributed by atoms with Crippen molar-refractivity contribution in [1.82, 2.24) is 9.62 Å². The van der Waals surface area contributed by atoms with Crippen LogP contribution in [0.25, 0.3) is 0 Å². The summed E-state index contributed by atoms with van der Waals surface area (Å²) in [4.78, 5) is 2.32. The molecular weight excluding hydrogens is 341 g/mol. The topological polar surface area (TPSA) is 73.2 Å². The Hall–Kier alpha value is -1.49. The Labute approximate surface area is 147 Å². The molecule has 3 aliphatic rings. The highest BCUT2D eigenvalue weighted by atomic mass is 32.2. The van der Waals surface area contributed by atoms with Crippen LogP contribution >= 0.6 is 0 Å². The number of nitriles is 1. The van der Waals surface area contributed by atoms with Crippen LogP contribution in [0.2, 0.25) is 0 Å². The number of hydrogen-bond donors (Lipinski definition) is 1. The first kappa shape index (κ1) is 17.0. The first-order valence-corrected chi connectivity index (χ1v) is 10.4.